The molecule has 1 aromatic carbocycles. The highest BCUT2D eigenvalue weighted by Crippen LogP contribution is 2.29. The molecule has 0 radical (unpaired) electrons. The minimum Gasteiger partial charge on any atom is -0.382 e. The van der Waals surface area contributed by atoms with Crippen molar-refractivity contribution >= 4 is 22.6 Å². The molecule has 0 spiro atoms. The van der Waals surface area contributed by atoms with Gasteiger partial charge in [0.05, 0.1) is 36.9 Å². The number of carbonyl (C=O) groups is 1. The number of pyridine rings is 2. The number of carbonyl (C=O) groups excluding carboxylic acids is 1. The Morgan fingerprint density at radius 1 is 1.27 bits per heavy atom. The summed E-state index contributed by atoms with van der Waals surface area (Å²) >= 11 is 0. The van der Waals surface area contributed by atoms with Crippen LogP contribution in [0.5, 0.6) is 0 Å². The first-order chi connectivity index (χ1) is 15.9. The van der Waals surface area contributed by atoms with Gasteiger partial charge in [0.15, 0.2) is 5.82 Å². The van der Waals surface area contributed by atoms with E-state index in [1.165, 1.54) is 18.5 Å². The molecule has 0 aliphatic carbocycles. The largest absolute Gasteiger partial charge is 0.382 e. The Morgan fingerprint density at radius 3 is 2.73 bits per heavy atom. The molecular weight excluding hydrogens is 434 g/mol. The zero-order valence-electron chi connectivity index (χ0n) is 17.1. The summed E-state index contributed by atoms with van der Waals surface area (Å²) in [6.07, 6.45) is 2.89. The first-order valence-electron chi connectivity index (χ1n) is 10.1. The maximum Gasteiger partial charge on any atom is 0.268 e. The van der Waals surface area contributed by atoms with Crippen molar-refractivity contribution in [1.82, 2.24) is 25.1 Å². The lowest BCUT2D eigenvalue weighted by molar-refractivity contribution is -0.124. The number of hydrogen-bond donors (Lipinski definition) is 3. The van der Waals surface area contributed by atoms with Crippen LogP contribution >= 0.6 is 0 Å². The second kappa shape index (κ2) is 8.10. The van der Waals surface area contributed by atoms with Gasteiger partial charge in [-0.1, -0.05) is 6.07 Å². The predicted octanol–water partition coefficient (Wildman–Crippen LogP) is 1.69. The van der Waals surface area contributed by atoms with Crippen molar-refractivity contribution in [3.05, 3.63) is 70.3 Å². The third-order valence-corrected chi connectivity index (χ3v) is 5.40. The number of ether oxygens (including phenoxy) is 1. The van der Waals surface area contributed by atoms with Gasteiger partial charge in [0.2, 0.25) is 5.91 Å². The predicted molar refractivity (Wildman–Crippen MR) is 116 cm³/mol. The number of rotatable bonds is 5. The van der Waals surface area contributed by atoms with Gasteiger partial charge in [-0.3, -0.25) is 24.2 Å². The number of nitrogens with one attached hydrogen (secondary N) is 2. The monoisotopic (exact) mass is 452 g/mol. The van der Waals surface area contributed by atoms with Crippen LogP contribution < -0.4 is 16.6 Å². The normalized spacial score (nSPS) is 13.8. The summed E-state index contributed by atoms with van der Waals surface area (Å²) in [4.78, 5) is 29.7. The molecule has 1 amide bonds. The van der Waals surface area contributed by atoms with Crippen LogP contribution in [0.3, 0.4) is 0 Å². The van der Waals surface area contributed by atoms with Crippen LogP contribution in [0.2, 0.25) is 0 Å². The molecule has 168 valence electrons. The molecule has 1 aliphatic heterocycles. The van der Waals surface area contributed by atoms with Gasteiger partial charge < -0.3 is 15.8 Å². The number of para-hydroxylation sites is 1. The van der Waals surface area contributed by atoms with E-state index in [-0.39, 0.29) is 35.1 Å². The van der Waals surface area contributed by atoms with E-state index in [1.54, 1.807) is 12.1 Å². The number of fused-ring (bicyclic) bond motifs is 1. The van der Waals surface area contributed by atoms with Crippen molar-refractivity contribution in [3.63, 3.8) is 0 Å². The molecule has 3 aromatic heterocycles. The number of halogens is 2. The van der Waals surface area contributed by atoms with Crippen molar-refractivity contribution in [2.24, 2.45) is 0 Å². The SMILES string of the molecule is Nc1n[nH]c2c(-c3cc(CC(=O)NC4COC4)ccn3)cn(-c3c(F)cccc3F)c(=O)c12. The van der Waals surface area contributed by atoms with Gasteiger partial charge in [0.25, 0.3) is 5.56 Å². The minimum atomic E-state index is -0.914. The van der Waals surface area contributed by atoms with Gasteiger partial charge in [0.1, 0.15) is 22.7 Å². The van der Waals surface area contributed by atoms with Crippen LogP contribution in [-0.2, 0) is 16.0 Å². The molecule has 4 aromatic rings. The molecule has 11 heteroatoms. The number of amides is 1. The number of aromatic amines is 1. The Kier molecular flexibility index (Phi) is 5.09. The molecule has 1 aliphatic rings. The maximum absolute atomic E-state index is 14.5. The zero-order chi connectivity index (χ0) is 23.1. The number of benzene rings is 1. The second-order valence-corrected chi connectivity index (χ2v) is 7.68. The van der Waals surface area contributed by atoms with E-state index in [9.17, 15) is 18.4 Å². The maximum atomic E-state index is 14.5. The lowest BCUT2D eigenvalue weighted by atomic mass is 10.1. The van der Waals surface area contributed by atoms with E-state index in [2.05, 4.69) is 20.5 Å². The van der Waals surface area contributed by atoms with Crippen LogP contribution in [0, 0.1) is 11.6 Å². The van der Waals surface area contributed by atoms with E-state index in [0.29, 0.717) is 30.0 Å². The number of hydrogen-bond acceptors (Lipinski definition) is 6. The van der Waals surface area contributed by atoms with Crippen molar-refractivity contribution in [2.45, 2.75) is 12.5 Å². The van der Waals surface area contributed by atoms with Gasteiger partial charge in [-0.25, -0.2) is 8.78 Å². The lowest BCUT2D eigenvalue weighted by Gasteiger charge is -2.26. The standard InChI is InChI=1S/C22H18F2N6O3/c23-14-2-1-3-15(24)20(14)30-8-13(19-18(22(30)32)21(25)29-28-19)16-6-11(4-5-26-16)7-17(31)27-12-9-33-10-12/h1-6,8,12H,7,9-10H2,(H,27,31)(H3,25,28,29). The Balaban J connectivity index is 1.62. The van der Waals surface area contributed by atoms with E-state index in [0.717, 1.165) is 16.7 Å². The molecule has 0 unspecified atom stereocenters. The van der Waals surface area contributed by atoms with Crippen molar-refractivity contribution in [2.75, 3.05) is 18.9 Å². The number of nitrogens with zero attached hydrogens (tertiary/aromatic N) is 3. The van der Waals surface area contributed by atoms with Gasteiger partial charge in [-0.15, -0.1) is 0 Å². The van der Waals surface area contributed by atoms with E-state index in [1.807, 2.05) is 0 Å². The summed E-state index contributed by atoms with van der Waals surface area (Å²) in [5.74, 6) is -2.11. The number of H-pyrrole nitrogens is 1. The van der Waals surface area contributed by atoms with Crippen molar-refractivity contribution in [1.29, 1.82) is 0 Å². The number of anilines is 1. The fourth-order valence-electron chi connectivity index (χ4n) is 3.73. The third-order valence-electron chi connectivity index (χ3n) is 5.40. The average molecular weight is 452 g/mol. The molecule has 33 heavy (non-hydrogen) atoms. The van der Waals surface area contributed by atoms with E-state index < -0.39 is 22.9 Å². The van der Waals surface area contributed by atoms with Gasteiger partial charge in [-0.2, -0.15) is 5.10 Å². The molecule has 0 atom stereocenters. The summed E-state index contributed by atoms with van der Waals surface area (Å²) in [5.41, 5.74) is 6.25. The van der Waals surface area contributed by atoms with E-state index in [4.69, 9.17) is 10.5 Å². The molecule has 5 rings (SSSR count). The number of nitrogen functional groups attached to an aromatic ring is 1. The molecule has 0 bridgehead atoms. The average Bonchev–Trinajstić information content (AvgIpc) is 3.14. The Bertz CT molecular complexity index is 1420. The minimum absolute atomic E-state index is 0.00521. The number of aromatic nitrogens is 4. The quantitative estimate of drug-likeness (QED) is 0.423. The van der Waals surface area contributed by atoms with Crippen molar-refractivity contribution < 1.29 is 18.3 Å². The highest BCUT2D eigenvalue weighted by Gasteiger charge is 2.22. The fourth-order valence-corrected chi connectivity index (χ4v) is 3.73. The Labute approximate surface area is 185 Å². The number of nitrogens with two attached hydrogens (primary N) is 1. The Hall–Kier alpha value is -4.12. The van der Waals surface area contributed by atoms with Crippen LogP contribution in [0.1, 0.15) is 5.56 Å². The van der Waals surface area contributed by atoms with E-state index >= 15 is 0 Å². The molecule has 1 saturated heterocycles. The van der Waals surface area contributed by atoms with Crippen LogP contribution in [-0.4, -0.2) is 44.9 Å². The van der Waals surface area contributed by atoms with Crippen LogP contribution in [0.25, 0.3) is 27.8 Å². The molecular formula is C22H18F2N6O3. The summed E-state index contributed by atoms with van der Waals surface area (Å²) in [7, 11) is 0. The first-order valence-corrected chi connectivity index (χ1v) is 10.1. The molecule has 1 fully saturated rings. The highest BCUT2D eigenvalue weighted by molar-refractivity contribution is 5.97. The fraction of sp³-hybridized carbons (Fsp3) is 0.182. The first kappa shape index (κ1) is 20.8. The topological polar surface area (TPSA) is 128 Å². The molecule has 4 heterocycles. The van der Waals surface area contributed by atoms with Crippen molar-refractivity contribution in [3.8, 4) is 16.9 Å². The summed E-state index contributed by atoms with van der Waals surface area (Å²) < 4.78 is 34.9. The summed E-state index contributed by atoms with van der Waals surface area (Å²) in [6.45, 7) is 0.974. The molecule has 4 N–H and O–H groups in total. The van der Waals surface area contributed by atoms with Crippen LogP contribution in [0.15, 0.2) is 47.5 Å². The lowest BCUT2D eigenvalue weighted by Crippen LogP contribution is -2.49. The summed E-state index contributed by atoms with van der Waals surface area (Å²) in [6, 6.07) is 6.67. The highest BCUT2D eigenvalue weighted by atomic mass is 19.1. The smallest absolute Gasteiger partial charge is 0.268 e. The third kappa shape index (κ3) is 3.72. The van der Waals surface area contributed by atoms with Gasteiger partial charge >= 0.3 is 0 Å². The molecule has 9 nitrogen and oxygen atoms in total. The second-order valence-electron chi connectivity index (χ2n) is 7.68. The summed E-state index contributed by atoms with van der Waals surface area (Å²) in [5, 5.41) is 9.42. The molecule has 0 saturated carbocycles. The van der Waals surface area contributed by atoms with Gasteiger partial charge in [0, 0.05) is 18.0 Å². The van der Waals surface area contributed by atoms with Gasteiger partial charge in [-0.05, 0) is 29.8 Å². The van der Waals surface area contributed by atoms with Crippen LogP contribution in [0.4, 0.5) is 14.6 Å². The zero-order valence-corrected chi connectivity index (χ0v) is 17.1. The Morgan fingerprint density at radius 2 is 2.03 bits per heavy atom.